The van der Waals surface area contributed by atoms with E-state index in [1.807, 2.05) is 18.0 Å². The number of nitrogens with zero attached hydrogens (tertiary/aromatic N) is 6. The minimum absolute atomic E-state index is 0.0123. The van der Waals surface area contributed by atoms with E-state index >= 15 is 0 Å². The lowest BCUT2D eigenvalue weighted by molar-refractivity contribution is -0.136. The first-order chi connectivity index (χ1) is 16.4. The van der Waals surface area contributed by atoms with Crippen LogP contribution in [-0.4, -0.2) is 90.4 Å². The van der Waals surface area contributed by atoms with E-state index in [1.54, 1.807) is 24.1 Å². The second-order valence-electron chi connectivity index (χ2n) is 7.86. The molecule has 1 amide bonds. The van der Waals surface area contributed by atoms with E-state index in [0.29, 0.717) is 36.4 Å². The SMILES string of the molecule is CN1CCN(Cc2ccc(N(C)C(O)Nc3cc(NCCF)c(C#N)cn3)nc2C=O)C(=O)C1. The van der Waals surface area contributed by atoms with Gasteiger partial charge in [0.1, 0.15) is 30.1 Å². The molecule has 0 aliphatic carbocycles. The number of rotatable bonds is 10. The third-order valence-corrected chi connectivity index (χ3v) is 5.42. The first-order valence-electron chi connectivity index (χ1n) is 10.6. The maximum atomic E-state index is 12.5. The average molecular weight is 471 g/mol. The van der Waals surface area contributed by atoms with E-state index < -0.39 is 13.0 Å². The van der Waals surface area contributed by atoms with Gasteiger partial charge < -0.3 is 25.5 Å². The predicted octanol–water partition coefficient (Wildman–Crippen LogP) is 0.640. The van der Waals surface area contributed by atoms with Gasteiger partial charge in [0.05, 0.1) is 17.8 Å². The zero-order valence-electron chi connectivity index (χ0n) is 19.0. The number of nitriles is 1. The van der Waals surface area contributed by atoms with Crippen molar-refractivity contribution in [1.29, 1.82) is 5.26 Å². The molecule has 12 heteroatoms. The number of alkyl halides is 1. The molecule has 3 heterocycles. The smallest absolute Gasteiger partial charge is 0.237 e. The second-order valence-corrected chi connectivity index (χ2v) is 7.86. The van der Waals surface area contributed by atoms with Crippen LogP contribution in [0, 0.1) is 11.3 Å². The van der Waals surface area contributed by atoms with E-state index in [-0.39, 0.29) is 36.1 Å². The Morgan fingerprint density at radius 1 is 1.41 bits per heavy atom. The predicted molar refractivity (Wildman–Crippen MR) is 124 cm³/mol. The van der Waals surface area contributed by atoms with Crippen LogP contribution in [0.3, 0.4) is 0 Å². The number of piperazine rings is 1. The number of halogens is 1. The summed E-state index contributed by atoms with van der Waals surface area (Å²) in [6.07, 6.45) is 0.664. The van der Waals surface area contributed by atoms with Crippen molar-refractivity contribution < 1.29 is 19.1 Å². The van der Waals surface area contributed by atoms with Gasteiger partial charge in [0, 0.05) is 51.1 Å². The molecule has 2 aromatic rings. The molecule has 0 spiro atoms. The minimum Gasteiger partial charge on any atom is -0.381 e. The first-order valence-corrected chi connectivity index (χ1v) is 10.6. The van der Waals surface area contributed by atoms with Crippen molar-refractivity contribution in [3.63, 3.8) is 0 Å². The summed E-state index contributed by atoms with van der Waals surface area (Å²) >= 11 is 0. The summed E-state index contributed by atoms with van der Waals surface area (Å²) in [5.74, 6) is 0.558. The largest absolute Gasteiger partial charge is 0.381 e. The maximum Gasteiger partial charge on any atom is 0.237 e. The minimum atomic E-state index is -1.27. The summed E-state index contributed by atoms with van der Waals surface area (Å²) in [5.41, 5.74) is 1.42. The molecule has 0 bridgehead atoms. The Kier molecular flexibility index (Phi) is 8.29. The maximum absolute atomic E-state index is 12.5. The number of nitrogens with one attached hydrogen (secondary N) is 2. The zero-order valence-corrected chi connectivity index (χ0v) is 19.0. The number of carbonyl (C=O) groups is 2. The highest BCUT2D eigenvalue weighted by atomic mass is 19.1. The van der Waals surface area contributed by atoms with Crippen LogP contribution in [0.1, 0.15) is 21.6 Å². The summed E-state index contributed by atoms with van der Waals surface area (Å²) in [7, 11) is 3.45. The number of aldehydes is 1. The second kappa shape index (κ2) is 11.4. The molecule has 0 aromatic carbocycles. The van der Waals surface area contributed by atoms with Crippen LogP contribution in [0.4, 0.5) is 21.7 Å². The summed E-state index contributed by atoms with van der Waals surface area (Å²) in [4.78, 5) is 37.4. The summed E-state index contributed by atoms with van der Waals surface area (Å²) in [6, 6.07) is 6.81. The van der Waals surface area contributed by atoms with E-state index in [1.165, 1.54) is 17.2 Å². The number of aliphatic hydroxyl groups excluding tert-OH is 1. The summed E-state index contributed by atoms with van der Waals surface area (Å²) in [6.45, 7) is 1.36. The van der Waals surface area contributed by atoms with Crippen molar-refractivity contribution >= 4 is 29.5 Å². The van der Waals surface area contributed by atoms with Crippen molar-refractivity contribution in [2.24, 2.45) is 0 Å². The number of pyridine rings is 2. The van der Waals surface area contributed by atoms with E-state index in [9.17, 15) is 19.1 Å². The molecule has 1 fully saturated rings. The van der Waals surface area contributed by atoms with Gasteiger partial charge in [0.2, 0.25) is 12.3 Å². The topological polar surface area (TPSA) is 138 Å². The summed E-state index contributed by atoms with van der Waals surface area (Å²) < 4.78 is 12.5. The zero-order chi connectivity index (χ0) is 24.7. The lowest BCUT2D eigenvalue weighted by Crippen LogP contribution is -2.48. The van der Waals surface area contributed by atoms with E-state index in [4.69, 9.17) is 5.26 Å². The third-order valence-electron chi connectivity index (χ3n) is 5.42. The number of likely N-dealkylation sites (N-methyl/N-ethyl adjacent to an activating group) is 1. The normalized spacial score (nSPS) is 14.9. The number of carbonyl (C=O) groups excluding carboxylic acids is 2. The average Bonchev–Trinajstić information content (AvgIpc) is 2.84. The molecule has 1 aliphatic heterocycles. The highest BCUT2D eigenvalue weighted by Crippen LogP contribution is 2.21. The molecule has 180 valence electrons. The molecule has 3 rings (SSSR count). The van der Waals surface area contributed by atoms with Gasteiger partial charge in [-0.05, 0) is 13.1 Å². The van der Waals surface area contributed by atoms with Gasteiger partial charge in [0.15, 0.2) is 6.29 Å². The first kappa shape index (κ1) is 24.8. The Morgan fingerprint density at radius 2 is 2.21 bits per heavy atom. The Balaban J connectivity index is 1.71. The van der Waals surface area contributed by atoms with Crippen LogP contribution < -0.4 is 15.5 Å². The van der Waals surface area contributed by atoms with Gasteiger partial charge in [-0.25, -0.2) is 14.4 Å². The molecular weight excluding hydrogens is 443 g/mol. The molecule has 2 aromatic heterocycles. The van der Waals surface area contributed by atoms with Crippen molar-refractivity contribution in [1.82, 2.24) is 19.8 Å². The van der Waals surface area contributed by atoms with Gasteiger partial charge >= 0.3 is 0 Å². The van der Waals surface area contributed by atoms with Gasteiger partial charge in [-0.1, -0.05) is 6.07 Å². The lowest BCUT2D eigenvalue weighted by Gasteiger charge is -2.32. The van der Waals surface area contributed by atoms with E-state index in [2.05, 4.69) is 20.6 Å². The molecule has 1 unspecified atom stereocenters. The highest BCUT2D eigenvalue weighted by molar-refractivity contribution is 5.80. The monoisotopic (exact) mass is 470 g/mol. The molecule has 34 heavy (non-hydrogen) atoms. The molecule has 0 saturated carbocycles. The van der Waals surface area contributed by atoms with Gasteiger partial charge in [-0.3, -0.25) is 14.5 Å². The molecular formula is C22H27FN8O3. The number of amides is 1. The van der Waals surface area contributed by atoms with Gasteiger partial charge in [-0.15, -0.1) is 0 Å². The van der Waals surface area contributed by atoms with Crippen molar-refractivity contribution in [2.75, 3.05) is 62.5 Å². The number of hydrogen-bond acceptors (Lipinski definition) is 10. The summed E-state index contributed by atoms with van der Waals surface area (Å²) in [5, 5.41) is 25.4. The molecule has 11 nitrogen and oxygen atoms in total. The van der Waals surface area contributed by atoms with Crippen LogP contribution >= 0.6 is 0 Å². The van der Waals surface area contributed by atoms with Crippen molar-refractivity contribution in [3.8, 4) is 6.07 Å². The highest BCUT2D eigenvalue weighted by Gasteiger charge is 2.23. The fourth-order valence-electron chi connectivity index (χ4n) is 3.43. The fourth-order valence-corrected chi connectivity index (χ4v) is 3.43. The van der Waals surface area contributed by atoms with Crippen LogP contribution in [0.2, 0.25) is 0 Å². The van der Waals surface area contributed by atoms with Crippen LogP contribution in [0.15, 0.2) is 24.4 Å². The van der Waals surface area contributed by atoms with Crippen molar-refractivity contribution in [3.05, 3.63) is 41.2 Å². The van der Waals surface area contributed by atoms with E-state index in [0.717, 1.165) is 6.54 Å². The van der Waals surface area contributed by atoms with Gasteiger partial charge in [0.25, 0.3) is 0 Å². The van der Waals surface area contributed by atoms with Crippen molar-refractivity contribution in [2.45, 2.75) is 12.9 Å². The Bertz CT molecular complexity index is 1080. The number of aliphatic hydroxyl groups is 1. The number of aromatic nitrogens is 2. The molecule has 0 radical (unpaired) electrons. The number of anilines is 3. The third kappa shape index (κ3) is 5.94. The van der Waals surface area contributed by atoms with Crippen LogP contribution in [-0.2, 0) is 11.3 Å². The Morgan fingerprint density at radius 3 is 2.88 bits per heavy atom. The molecule has 1 aliphatic rings. The Labute approximate surface area is 196 Å². The van der Waals surface area contributed by atoms with Crippen LogP contribution in [0.5, 0.6) is 0 Å². The lowest BCUT2D eigenvalue weighted by atomic mass is 10.1. The molecule has 1 saturated heterocycles. The number of hydrogen-bond donors (Lipinski definition) is 3. The van der Waals surface area contributed by atoms with Gasteiger partial charge in [-0.2, -0.15) is 5.26 Å². The molecule has 1 atom stereocenters. The molecule has 3 N–H and O–H groups in total. The fraction of sp³-hybridized carbons (Fsp3) is 0.409. The quantitative estimate of drug-likeness (QED) is 0.335. The Hall–Kier alpha value is -3.82. The van der Waals surface area contributed by atoms with Crippen LogP contribution in [0.25, 0.3) is 0 Å². The standard InChI is InChI=1S/C22H27FN8O3/c1-29-7-8-31(21(33)13-29)12-15-3-4-20(27-18(15)14-32)30(2)22(34)28-19-9-17(25-6-5-23)16(10-24)11-26-19/h3-4,9,11,14,22,34H,5-8,12-13H2,1-2H3,(H2,25,26,28).